The highest BCUT2D eigenvalue weighted by Crippen LogP contribution is 2.57. The number of likely N-dealkylation sites (tertiary alicyclic amines) is 1. The van der Waals surface area contributed by atoms with E-state index in [9.17, 15) is 78.3 Å². The van der Waals surface area contributed by atoms with Crippen molar-refractivity contribution in [3.05, 3.63) is 112 Å². The van der Waals surface area contributed by atoms with Crippen LogP contribution in [0.5, 0.6) is 28.7 Å². The van der Waals surface area contributed by atoms with Gasteiger partial charge in [0.1, 0.15) is 77.1 Å². The number of aliphatic hydroxyl groups is 2. The van der Waals surface area contributed by atoms with Crippen molar-refractivity contribution in [2.24, 2.45) is 17.4 Å². The van der Waals surface area contributed by atoms with Crippen LogP contribution >= 0.6 is 21.6 Å². The lowest BCUT2D eigenvalue weighted by molar-refractivity contribution is -0.142. The smallest absolute Gasteiger partial charge is 0.340 e. The average molecular weight is 1310 g/mol. The number of ether oxygens (including phenoxy) is 2. The summed E-state index contributed by atoms with van der Waals surface area (Å²) in [6.07, 6.45) is -3.11. The summed E-state index contributed by atoms with van der Waals surface area (Å²) >= 11 is 0. The maximum atomic E-state index is 14.8. The second-order valence-corrected chi connectivity index (χ2v) is 25.1. The summed E-state index contributed by atoms with van der Waals surface area (Å²) in [5.41, 5.74) is 11.1. The number of fused-ring (bicyclic) bond motifs is 6. The number of esters is 1. The molecule has 0 aromatic heterocycles. The maximum absolute atomic E-state index is 14.8. The van der Waals surface area contributed by atoms with E-state index in [4.69, 9.17) is 20.9 Å². The van der Waals surface area contributed by atoms with Crippen molar-refractivity contribution in [3.63, 3.8) is 0 Å². The number of hydrogen-bond donors (Lipinski definition) is 15. The number of aromatic hydroxyl groups is 3. The van der Waals surface area contributed by atoms with Crippen molar-refractivity contribution >= 4 is 86.6 Å². The van der Waals surface area contributed by atoms with Gasteiger partial charge in [-0.05, 0) is 105 Å². The third kappa shape index (κ3) is 15.8. The average Bonchev–Trinajstić information content (AvgIpc) is 1.46. The molecule has 29 nitrogen and oxygen atoms in total. The maximum Gasteiger partial charge on any atom is 0.340 e. The molecule has 4 aromatic carbocycles. The minimum atomic E-state index is -1.83. The molecule has 17 N–H and O–H groups in total. The first-order chi connectivity index (χ1) is 43.8. The first kappa shape index (κ1) is 68.7. The molecule has 492 valence electrons. The monoisotopic (exact) mass is 1310 g/mol. The number of aliphatic hydroxyl groups excluding tert-OH is 2. The summed E-state index contributed by atoms with van der Waals surface area (Å²) in [5, 5.41) is 73.0. The van der Waals surface area contributed by atoms with Crippen LogP contribution in [0.4, 0.5) is 0 Å². The Morgan fingerprint density at radius 3 is 2.02 bits per heavy atom. The number of unbranched alkanes of at least 4 members (excludes halogenated alkanes) is 1. The molecule has 8 rings (SSSR count). The Hall–Kier alpha value is -9.17. The molecule has 0 aliphatic carbocycles. The van der Waals surface area contributed by atoms with Gasteiger partial charge < -0.3 is 93.9 Å². The number of carbonyl (C=O) groups is 11. The number of phenols is 3. The number of hydrogen-bond acceptors (Lipinski definition) is 21. The zero-order valence-corrected chi connectivity index (χ0v) is 51.9. The molecule has 2 saturated heterocycles. The minimum absolute atomic E-state index is 0.0209. The highest BCUT2D eigenvalue weighted by atomic mass is 33.1. The first-order valence-corrected chi connectivity index (χ1v) is 32.1. The van der Waals surface area contributed by atoms with Crippen molar-refractivity contribution in [1.82, 2.24) is 47.4 Å². The van der Waals surface area contributed by atoms with Crippen LogP contribution in [0.15, 0.2) is 78.9 Å². The van der Waals surface area contributed by atoms with Crippen LogP contribution in [-0.2, 0) is 53.5 Å². The van der Waals surface area contributed by atoms with Gasteiger partial charge in [0.25, 0.3) is 11.8 Å². The number of nitrogens with zero attached hydrogens (tertiary/aromatic N) is 1. The molecule has 0 bridgehead atoms. The van der Waals surface area contributed by atoms with E-state index >= 15 is 0 Å². The zero-order chi connectivity index (χ0) is 66.7. The Bertz CT molecular complexity index is 3450. The van der Waals surface area contributed by atoms with Gasteiger partial charge in [-0.2, -0.15) is 0 Å². The SMILES string of the molecule is CCC(C)C1NC(=O)C(c2ccc(O)cc2)NC(=O)C(O)CSSCC(C(=O)N2CCCC2C(=O)NC(CCCCNC(=O)c2ccc3c(c2)C2(OC3=O)c3ccc(O)cc3Oc3cc(O)ccc32)C(=O)NCN)NC(=O)C(CC(N)=O)NC(=O)C(C(C)O)NC1=O. The van der Waals surface area contributed by atoms with Gasteiger partial charge in [0, 0.05) is 59.0 Å². The molecular weight excluding hydrogens is 1240 g/mol. The molecule has 4 aliphatic heterocycles. The fourth-order valence-electron chi connectivity index (χ4n) is 11.1. The molecule has 92 heavy (non-hydrogen) atoms. The van der Waals surface area contributed by atoms with Gasteiger partial charge in [0.15, 0.2) is 5.60 Å². The lowest BCUT2D eigenvalue weighted by atomic mass is 9.77. The first-order valence-electron chi connectivity index (χ1n) is 29.6. The van der Waals surface area contributed by atoms with Gasteiger partial charge in [-0.1, -0.05) is 54.0 Å². The molecule has 2 fully saturated rings. The summed E-state index contributed by atoms with van der Waals surface area (Å²) < 4.78 is 12.1. The van der Waals surface area contributed by atoms with E-state index in [2.05, 4.69) is 42.5 Å². The van der Waals surface area contributed by atoms with Gasteiger partial charge in [-0.25, -0.2) is 4.79 Å². The van der Waals surface area contributed by atoms with E-state index < -0.39 is 137 Å². The number of rotatable bonds is 17. The molecule has 10 unspecified atom stereocenters. The lowest BCUT2D eigenvalue weighted by Crippen LogP contribution is -2.62. The van der Waals surface area contributed by atoms with Gasteiger partial charge in [-0.3, -0.25) is 47.9 Å². The summed E-state index contributed by atoms with van der Waals surface area (Å²) in [6.45, 7) is 4.22. The van der Waals surface area contributed by atoms with E-state index in [1.165, 1.54) is 83.8 Å². The molecule has 4 aromatic rings. The Morgan fingerprint density at radius 2 is 1.38 bits per heavy atom. The number of benzene rings is 4. The van der Waals surface area contributed by atoms with Gasteiger partial charge in [0.2, 0.25) is 47.3 Å². The molecule has 1 spiro atoms. The zero-order valence-electron chi connectivity index (χ0n) is 50.2. The molecular formula is C61H73N11O18S2. The summed E-state index contributed by atoms with van der Waals surface area (Å²) in [6, 6.07) is 7.52. The van der Waals surface area contributed by atoms with Crippen LogP contribution in [0, 0.1) is 5.92 Å². The third-order valence-electron chi connectivity index (χ3n) is 16.1. The number of phenolic OH excluding ortho intramolecular Hbond substituents is 3. The molecule has 10 atom stereocenters. The largest absolute Gasteiger partial charge is 0.508 e. The van der Waals surface area contributed by atoms with Crippen LogP contribution in [-0.4, -0.2) is 175 Å². The normalized spacial score (nSPS) is 22.8. The van der Waals surface area contributed by atoms with Crippen LogP contribution in [0.2, 0.25) is 0 Å². The standard InChI is InChI=1S/C61H73N11O18S2/c1-4-29(2)48-56(84)70-49(30(3)73)57(85)67-41(25-47(63)78)53(81)68-42(26-91-92-27-44(77)55(83)71-50(58(86)69-48)31-10-13-33(74)14-11-31)59(87)72-21-7-9-43(72)54(82)66-40(52(80)65-28-62)8-5-6-20-64-51(79)32-12-17-36-39(22-32)61(90-60(36)88)37-18-15-34(75)23-45(37)89-46-24-35(76)16-19-38(46)61/h10-19,22-24,29-30,40-44,48-50,73-77H,4-9,20-21,25-28,62H2,1-3H3,(H2,63,78)(H,64,79)(H,65,80)(H,66,82)(H,67,85)(H,68,81)(H,69,86)(H,70,84)(H,71,83). The van der Waals surface area contributed by atoms with Crippen molar-refractivity contribution < 1.29 is 87.7 Å². The highest BCUT2D eigenvalue weighted by molar-refractivity contribution is 8.76. The minimum Gasteiger partial charge on any atom is -0.508 e. The Kier molecular flexibility index (Phi) is 22.6. The van der Waals surface area contributed by atoms with E-state index in [-0.39, 0.29) is 115 Å². The number of nitrogens with two attached hydrogens (primary N) is 2. The van der Waals surface area contributed by atoms with Gasteiger partial charge >= 0.3 is 5.97 Å². The second-order valence-electron chi connectivity index (χ2n) is 22.6. The third-order valence-corrected chi connectivity index (χ3v) is 18.5. The van der Waals surface area contributed by atoms with Crippen molar-refractivity contribution in [1.29, 1.82) is 0 Å². The van der Waals surface area contributed by atoms with E-state index in [1.807, 2.05) is 0 Å². The summed E-state index contributed by atoms with van der Waals surface area (Å²) in [7, 11) is 1.78. The van der Waals surface area contributed by atoms with E-state index in [1.54, 1.807) is 13.8 Å². The van der Waals surface area contributed by atoms with Crippen molar-refractivity contribution in [2.45, 2.75) is 126 Å². The highest BCUT2D eigenvalue weighted by Gasteiger charge is 2.54. The lowest BCUT2D eigenvalue weighted by Gasteiger charge is -2.36. The molecule has 31 heteroatoms. The Morgan fingerprint density at radius 1 is 0.739 bits per heavy atom. The van der Waals surface area contributed by atoms with E-state index in [0.717, 1.165) is 28.5 Å². The van der Waals surface area contributed by atoms with Crippen molar-refractivity contribution in [2.75, 3.05) is 31.3 Å². The topological polar surface area (TPSA) is 459 Å². The van der Waals surface area contributed by atoms with Crippen LogP contribution in [0.3, 0.4) is 0 Å². The Balaban J connectivity index is 0.958. The quantitative estimate of drug-likeness (QED) is 0.0278. The fraction of sp³-hybridized carbons (Fsp3) is 0.426. The van der Waals surface area contributed by atoms with E-state index in [0.29, 0.717) is 16.7 Å². The molecule has 4 aliphatic rings. The fourth-order valence-corrected chi connectivity index (χ4v) is 13.3. The summed E-state index contributed by atoms with van der Waals surface area (Å²) in [5.74, 6) is -11.3. The summed E-state index contributed by atoms with van der Waals surface area (Å²) in [4.78, 5) is 154. The van der Waals surface area contributed by atoms with Crippen LogP contribution in [0.25, 0.3) is 0 Å². The molecule has 4 heterocycles. The molecule has 0 radical (unpaired) electrons. The van der Waals surface area contributed by atoms with Crippen LogP contribution < -0.4 is 58.7 Å². The number of carbonyl (C=O) groups excluding carboxylic acids is 11. The second kappa shape index (κ2) is 30.3. The van der Waals surface area contributed by atoms with Crippen molar-refractivity contribution in [3.8, 4) is 28.7 Å². The van der Waals surface area contributed by atoms with Gasteiger partial charge in [0.05, 0.1) is 24.8 Å². The van der Waals surface area contributed by atoms with Gasteiger partial charge in [-0.15, -0.1) is 0 Å². The predicted octanol–water partition coefficient (Wildman–Crippen LogP) is -0.365. The number of nitrogens with one attached hydrogen (secondary N) is 8. The van der Waals surface area contributed by atoms with Crippen LogP contribution in [0.1, 0.15) is 115 Å². The molecule has 0 saturated carbocycles. The predicted molar refractivity (Wildman–Crippen MR) is 331 cm³/mol. The number of primary amides is 1. The Labute approximate surface area is 535 Å². The molecule has 10 amide bonds. The number of amides is 10.